The molecule has 3 aliphatic carbocycles. The zero-order chi connectivity index (χ0) is 12.4. The molecule has 3 rings (SSSR count). The number of hydrogen-bond donors (Lipinski definition) is 1. The van der Waals surface area contributed by atoms with Crippen LogP contribution in [0.1, 0.15) is 53.4 Å². The van der Waals surface area contributed by atoms with Gasteiger partial charge in [0.2, 0.25) is 0 Å². The minimum absolute atomic E-state index is 0.429. The van der Waals surface area contributed by atoms with Crippen LogP contribution in [0.3, 0.4) is 0 Å². The molecule has 0 aliphatic heterocycles. The van der Waals surface area contributed by atoms with Gasteiger partial charge in [0.05, 0.1) is 5.54 Å². The predicted octanol–water partition coefficient (Wildman–Crippen LogP) is 2.83. The first-order valence-electron chi connectivity index (χ1n) is 7.55. The van der Waals surface area contributed by atoms with Crippen LogP contribution < -0.4 is 5.32 Å². The molecule has 3 fully saturated rings. The third-order valence-electron chi connectivity index (χ3n) is 6.92. The van der Waals surface area contributed by atoms with Crippen LogP contribution >= 0.6 is 0 Å². The number of nitrogens with two attached hydrogens (primary N) is 1. The van der Waals surface area contributed by atoms with E-state index in [0.29, 0.717) is 11.0 Å². The summed E-state index contributed by atoms with van der Waals surface area (Å²) in [7, 11) is 4.16. The first-order valence-corrected chi connectivity index (χ1v) is 7.55. The van der Waals surface area contributed by atoms with Crippen LogP contribution in [0.15, 0.2) is 0 Å². The number of rotatable bonds is 1. The van der Waals surface area contributed by atoms with Crippen molar-refractivity contribution in [2.45, 2.75) is 58.9 Å². The number of fused-ring (bicyclic) bond motifs is 3. The van der Waals surface area contributed by atoms with Gasteiger partial charge in [0.1, 0.15) is 0 Å². The Morgan fingerprint density at radius 2 is 1.76 bits per heavy atom. The lowest BCUT2D eigenvalue weighted by Crippen LogP contribution is -2.92. The largest absolute Gasteiger partial charge is 0.474 e. The van der Waals surface area contributed by atoms with Gasteiger partial charge in [-0.15, -0.1) is 0 Å². The van der Waals surface area contributed by atoms with Gasteiger partial charge in [-0.05, 0) is 55.3 Å². The fourth-order valence-corrected chi connectivity index (χ4v) is 5.61. The van der Waals surface area contributed by atoms with Crippen molar-refractivity contribution >= 4 is 0 Å². The fraction of sp³-hybridized carbons (Fsp3) is 0.938. The van der Waals surface area contributed by atoms with Gasteiger partial charge < -0.3 is 5.32 Å². The van der Waals surface area contributed by atoms with E-state index in [1.54, 1.807) is 0 Å². The molecule has 0 aromatic rings. The zero-order valence-corrected chi connectivity index (χ0v) is 12.0. The Bertz CT molecular complexity index is 321. The topological polar surface area (TPSA) is 16.6 Å². The second-order valence-corrected chi connectivity index (χ2v) is 7.94. The Labute approximate surface area is 107 Å². The first-order chi connectivity index (χ1) is 7.92. The highest BCUT2D eigenvalue weighted by molar-refractivity contribution is 5.14. The summed E-state index contributed by atoms with van der Waals surface area (Å²) < 4.78 is 0. The lowest BCUT2D eigenvalue weighted by Gasteiger charge is -2.39. The van der Waals surface area contributed by atoms with Crippen LogP contribution in [0.2, 0.25) is 0 Å². The van der Waals surface area contributed by atoms with Crippen molar-refractivity contribution < 1.29 is 5.32 Å². The predicted molar refractivity (Wildman–Crippen MR) is 71.1 cm³/mol. The highest BCUT2D eigenvalue weighted by Crippen LogP contribution is 2.70. The Kier molecular flexibility index (Phi) is 2.47. The molecule has 0 radical (unpaired) electrons. The van der Waals surface area contributed by atoms with Crippen molar-refractivity contribution in [1.82, 2.24) is 0 Å². The number of quaternary nitrogens is 1. The van der Waals surface area contributed by atoms with Gasteiger partial charge >= 0.3 is 0 Å². The molecule has 1 unspecified atom stereocenters. The Morgan fingerprint density at radius 1 is 1.06 bits per heavy atom. The summed E-state index contributed by atoms with van der Waals surface area (Å²) in [6.07, 6.45) is 5.74. The molecule has 0 aromatic heterocycles. The molecule has 6 atom stereocenters. The highest BCUT2D eigenvalue weighted by Gasteiger charge is 2.67. The van der Waals surface area contributed by atoms with E-state index in [2.05, 4.69) is 40.1 Å². The van der Waals surface area contributed by atoms with E-state index < -0.39 is 0 Å². The van der Waals surface area contributed by atoms with Gasteiger partial charge in [-0.3, -0.25) is 0 Å². The van der Waals surface area contributed by atoms with Crippen molar-refractivity contribution in [1.29, 1.82) is 0 Å². The Hall–Kier alpha value is -0.0400. The van der Waals surface area contributed by atoms with E-state index in [-0.39, 0.29) is 0 Å². The number of hydrogen-bond acceptors (Lipinski definition) is 0. The molecule has 98 valence electrons. The minimum atomic E-state index is 0.429. The first kappa shape index (κ1) is 12.0. The second-order valence-electron chi connectivity index (χ2n) is 7.94. The molecule has 3 saturated carbocycles. The standard InChI is InChI=1S/C16H29N/c1-10-6-7-11-13(10)14-12(15(14,2)3)8-9-16(11,4)17-5/h10-14H,5-9,17H2,1-4H3/t10-,11-,12-,13-,14-,16?/m1/s1. The third kappa shape index (κ3) is 1.47. The smallest absolute Gasteiger partial charge is 0.0726 e. The molecule has 1 nitrogen and oxygen atoms in total. The SMILES string of the molecule is [CH2-][NH2+]C1(C)CC[C@@H]2[C@H]([C@@H]3[C@H](C)CC[C@H]31)C2(C)C. The maximum atomic E-state index is 4.16. The lowest BCUT2D eigenvalue weighted by atomic mass is 9.72. The van der Waals surface area contributed by atoms with Crippen molar-refractivity contribution in [3.63, 3.8) is 0 Å². The molecule has 2 N–H and O–H groups in total. The van der Waals surface area contributed by atoms with Gasteiger partial charge in [-0.25, -0.2) is 0 Å². The Balaban J connectivity index is 1.94. The third-order valence-corrected chi connectivity index (χ3v) is 6.92. The Morgan fingerprint density at radius 3 is 2.41 bits per heavy atom. The summed E-state index contributed by atoms with van der Waals surface area (Å²) in [5, 5.41) is 2.29. The molecule has 0 heterocycles. The van der Waals surface area contributed by atoms with Crippen molar-refractivity contribution in [2.75, 3.05) is 0 Å². The molecule has 0 saturated heterocycles. The normalized spacial score (nSPS) is 55.9. The van der Waals surface area contributed by atoms with Crippen LogP contribution in [-0.4, -0.2) is 5.54 Å². The van der Waals surface area contributed by atoms with Crippen molar-refractivity contribution in [3.8, 4) is 0 Å². The summed E-state index contributed by atoms with van der Waals surface area (Å²) in [5.41, 5.74) is 1.07. The van der Waals surface area contributed by atoms with Crippen LogP contribution in [0.25, 0.3) is 0 Å². The summed E-state index contributed by atoms with van der Waals surface area (Å²) in [5.74, 6) is 4.89. The van der Waals surface area contributed by atoms with E-state index in [9.17, 15) is 0 Å². The monoisotopic (exact) mass is 235 g/mol. The maximum absolute atomic E-state index is 4.16. The van der Waals surface area contributed by atoms with E-state index in [1.165, 1.54) is 25.7 Å². The molecule has 0 spiro atoms. The minimum Gasteiger partial charge on any atom is -0.474 e. The van der Waals surface area contributed by atoms with Crippen LogP contribution in [0.5, 0.6) is 0 Å². The quantitative estimate of drug-likeness (QED) is 0.673. The van der Waals surface area contributed by atoms with Gasteiger partial charge in [0.25, 0.3) is 0 Å². The summed E-state index contributed by atoms with van der Waals surface area (Å²) in [4.78, 5) is 0. The molecule has 0 bridgehead atoms. The van der Waals surface area contributed by atoms with Gasteiger partial charge in [-0.2, -0.15) is 7.05 Å². The molecule has 1 heteroatoms. The summed E-state index contributed by atoms with van der Waals surface area (Å²) in [6.45, 7) is 10.0. The fourth-order valence-electron chi connectivity index (χ4n) is 5.61. The molecule has 0 aromatic carbocycles. The van der Waals surface area contributed by atoms with E-state index in [1.807, 2.05) is 0 Å². The van der Waals surface area contributed by atoms with Crippen LogP contribution in [0.4, 0.5) is 0 Å². The molecular weight excluding hydrogens is 206 g/mol. The highest BCUT2D eigenvalue weighted by atomic mass is 15.0. The van der Waals surface area contributed by atoms with E-state index in [0.717, 1.165) is 29.6 Å². The average molecular weight is 235 g/mol. The van der Waals surface area contributed by atoms with E-state index >= 15 is 0 Å². The van der Waals surface area contributed by atoms with Crippen LogP contribution in [0, 0.1) is 42.1 Å². The van der Waals surface area contributed by atoms with Gasteiger partial charge in [-0.1, -0.05) is 20.8 Å². The van der Waals surface area contributed by atoms with Crippen molar-refractivity contribution in [3.05, 3.63) is 7.05 Å². The van der Waals surface area contributed by atoms with Crippen molar-refractivity contribution in [2.24, 2.45) is 35.0 Å². The maximum Gasteiger partial charge on any atom is 0.0726 e. The summed E-state index contributed by atoms with van der Waals surface area (Å²) in [6, 6.07) is 0. The molecular formula is C16H29N. The lowest BCUT2D eigenvalue weighted by molar-refractivity contribution is -0.683. The van der Waals surface area contributed by atoms with E-state index in [4.69, 9.17) is 0 Å². The second kappa shape index (κ2) is 3.50. The van der Waals surface area contributed by atoms with Gasteiger partial charge in [0.15, 0.2) is 0 Å². The van der Waals surface area contributed by atoms with Gasteiger partial charge in [0, 0.05) is 12.3 Å². The molecule has 0 amide bonds. The molecule has 17 heavy (non-hydrogen) atoms. The zero-order valence-electron chi connectivity index (χ0n) is 12.0. The van der Waals surface area contributed by atoms with Crippen LogP contribution in [-0.2, 0) is 0 Å². The molecule has 3 aliphatic rings. The summed E-state index contributed by atoms with van der Waals surface area (Å²) >= 11 is 0. The average Bonchev–Trinajstić information content (AvgIpc) is 2.65.